The largest absolute Gasteiger partial charge is 0.496 e. The molecule has 4 rings (SSSR count). The summed E-state index contributed by atoms with van der Waals surface area (Å²) in [5.41, 5.74) is 1.70. The summed E-state index contributed by atoms with van der Waals surface area (Å²) in [7, 11) is 3.14. The van der Waals surface area contributed by atoms with E-state index >= 15 is 0 Å². The molecule has 0 saturated carbocycles. The molecule has 1 aliphatic heterocycles. The van der Waals surface area contributed by atoms with Gasteiger partial charge in [-0.2, -0.15) is 0 Å². The lowest BCUT2D eigenvalue weighted by Gasteiger charge is -2.27. The number of carbonyl (C=O) groups is 1. The molecule has 1 saturated heterocycles. The van der Waals surface area contributed by atoms with Gasteiger partial charge in [-0.3, -0.25) is 9.59 Å². The molecule has 0 aliphatic carbocycles. The SMILES string of the molecule is COc1cn(CC(=O)N2CCCC2c2ccc(OC)c3ccccc23)c(C)cc1=O. The molecular formula is C24H26N2O4. The number of fused-ring (bicyclic) bond motifs is 1. The van der Waals surface area contributed by atoms with Crippen molar-refractivity contribution in [3.8, 4) is 11.5 Å². The van der Waals surface area contributed by atoms with Crippen molar-refractivity contribution in [3.63, 3.8) is 0 Å². The number of aryl methyl sites for hydroxylation is 1. The second kappa shape index (κ2) is 8.22. The number of methoxy groups -OCH3 is 2. The first-order valence-electron chi connectivity index (χ1n) is 10.1. The van der Waals surface area contributed by atoms with Crippen molar-refractivity contribution in [2.24, 2.45) is 0 Å². The van der Waals surface area contributed by atoms with Gasteiger partial charge in [-0.1, -0.05) is 30.3 Å². The highest BCUT2D eigenvalue weighted by atomic mass is 16.5. The molecule has 1 amide bonds. The molecule has 2 heterocycles. The van der Waals surface area contributed by atoms with Crippen LogP contribution in [0.15, 0.2) is 53.5 Å². The van der Waals surface area contributed by atoms with Crippen LogP contribution in [0.2, 0.25) is 0 Å². The molecule has 1 atom stereocenters. The number of rotatable bonds is 5. The summed E-state index contributed by atoms with van der Waals surface area (Å²) in [6.45, 7) is 2.72. The quantitative estimate of drug-likeness (QED) is 0.648. The first kappa shape index (κ1) is 20.0. The molecule has 0 radical (unpaired) electrons. The Morgan fingerprint density at radius 1 is 1.07 bits per heavy atom. The van der Waals surface area contributed by atoms with E-state index in [0.717, 1.165) is 47.2 Å². The first-order chi connectivity index (χ1) is 14.5. The molecular weight excluding hydrogens is 380 g/mol. The number of pyridine rings is 1. The van der Waals surface area contributed by atoms with Gasteiger partial charge >= 0.3 is 0 Å². The molecule has 156 valence electrons. The first-order valence-corrected chi connectivity index (χ1v) is 10.1. The van der Waals surface area contributed by atoms with E-state index in [2.05, 4.69) is 18.2 Å². The highest BCUT2D eigenvalue weighted by Crippen LogP contribution is 2.38. The zero-order valence-corrected chi connectivity index (χ0v) is 17.6. The van der Waals surface area contributed by atoms with E-state index < -0.39 is 0 Å². The second-order valence-corrected chi connectivity index (χ2v) is 7.62. The smallest absolute Gasteiger partial charge is 0.243 e. The minimum atomic E-state index is -0.178. The topological polar surface area (TPSA) is 60.8 Å². The third kappa shape index (κ3) is 3.54. The summed E-state index contributed by atoms with van der Waals surface area (Å²) in [6, 6.07) is 13.7. The van der Waals surface area contributed by atoms with E-state index in [9.17, 15) is 9.59 Å². The molecule has 6 heteroatoms. The van der Waals surface area contributed by atoms with Crippen LogP contribution >= 0.6 is 0 Å². The molecule has 3 aromatic rings. The van der Waals surface area contributed by atoms with Crippen LogP contribution in [0.25, 0.3) is 10.8 Å². The third-order valence-corrected chi connectivity index (χ3v) is 5.90. The molecule has 1 fully saturated rings. The van der Waals surface area contributed by atoms with Gasteiger partial charge < -0.3 is 18.9 Å². The highest BCUT2D eigenvalue weighted by Gasteiger charge is 2.31. The third-order valence-electron chi connectivity index (χ3n) is 5.90. The normalized spacial score (nSPS) is 16.1. The number of benzene rings is 2. The van der Waals surface area contributed by atoms with Crippen LogP contribution in [0.3, 0.4) is 0 Å². The maximum atomic E-state index is 13.3. The Hall–Kier alpha value is -3.28. The number of amides is 1. The summed E-state index contributed by atoms with van der Waals surface area (Å²) in [6.07, 6.45) is 3.50. The standard InChI is InChI=1S/C24H26N2O4/c1-16-13-21(27)23(30-3)14-25(16)15-24(28)26-12-6-9-20(26)18-10-11-22(29-2)19-8-5-4-7-17(18)19/h4-5,7-8,10-11,13-14,20H,6,9,12,15H2,1-3H3. The van der Waals surface area contributed by atoms with E-state index in [1.165, 1.54) is 13.2 Å². The molecule has 1 unspecified atom stereocenters. The lowest BCUT2D eigenvalue weighted by atomic mass is 9.96. The predicted octanol–water partition coefficient (Wildman–Crippen LogP) is 3.69. The average molecular weight is 406 g/mol. The molecule has 2 aromatic carbocycles. The Bertz CT molecular complexity index is 1150. The van der Waals surface area contributed by atoms with Gasteiger partial charge in [0.1, 0.15) is 12.3 Å². The average Bonchev–Trinajstić information content (AvgIpc) is 3.24. The Labute approximate surface area is 175 Å². The van der Waals surface area contributed by atoms with E-state index in [1.807, 2.05) is 30.0 Å². The summed E-state index contributed by atoms with van der Waals surface area (Å²) < 4.78 is 12.4. The van der Waals surface area contributed by atoms with Crippen molar-refractivity contribution in [1.82, 2.24) is 9.47 Å². The number of ether oxygens (including phenoxy) is 2. The summed E-state index contributed by atoms with van der Waals surface area (Å²) in [5, 5.41) is 2.17. The van der Waals surface area contributed by atoms with E-state index in [4.69, 9.17) is 9.47 Å². The molecule has 0 bridgehead atoms. The van der Waals surface area contributed by atoms with Crippen LogP contribution < -0.4 is 14.9 Å². The van der Waals surface area contributed by atoms with Crippen molar-refractivity contribution in [1.29, 1.82) is 0 Å². The zero-order chi connectivity index (χ0) is 21.3. The molecule has 6 nitrogen and oxygen atoms in total. The highest BCUT2D eigenvalue weighted by molar-refractivity contribution is 5.92. The van der Waals surface area contributed by atoms with Crippen LogP contribution in [0.1, 0.15) is 30.1 Å². The second-order valence-electron chi connectivity index (χ2n) is 7.62. The Morgan fingerprint density at radius 2 is 1.80 bits per heavy atom. The fraction of sp³-hybridized carbons (Fsp3) is 0.333. The van der Waals surface area contributed by atoms with Gasteiger partial charge in [0.25, 0.3) is 0 Å². The number of hydrogen-bond acceptors (Lipinski definition) is 4. The van der Waals surface area contributed by atoms with Gasteiger partial charge in [0, 0.05) is 23.7 Å². The van der Waals surface area contributed by atoms with E-state index in [0.29, 0.717) is 0 Å². The minimum Gasteiger partial charge on any atom is -0.496 e. The van der Waals surface area contributed by atoms with Crippen LogP contribution in [-0.2, 0) is 11.3 Å². The van der Waals surface area contributed by atoms with Crippen molar-refractivity contribution < 1.29 is 14.3 Å². The maximum Gasteiger partial charge on any atom is 0.243 e. The lowest BCUT2D eigenvalue weighted by Crippen LogP contribution is -2.34. The van der Waals surface area contributed by atoms with Crippen LogP contribution in [0.4, 0.5) is 0 Å². The number of aromatic nitrogens is 1. The van der Waals surface area contributed by atoms with Gasteiger partial charge in [-0.15, -0.1) is 0 Å². The number of carbonyl (C=O) groups excluding carboxylic acids is 1. The van der Waals surface area contributed by atoms with Gasteiger partial charge in [-0.05, 0) is 36.8 Å². The van der Waals surface area contributed by atoms with Crippen molar-refractivity contribution in [3.05, 3.63) is 70.1 Å². The van der Waals surface area contributed by atoms with E-state index in [1.54, 1.807) is 17.9 Å². The van der Waals surface area contributed by atoms with E-state index in [-0.39, 0.29) is 29.7 Å². The van der Waals surface area contributed by atoms with Crippen LogP contribution in [-0.4, -0.2) is 36.1 Å². The molecule has 1 aromatic heterocycles. The lowest BCUT2D eigenvalue weighted by molar-refractivity contribution is -0.132. The Balaban J connectivity index is 1.66. The molecule has 0 N–H and O–H groups in total. The molecule has 1 aliphatic rings. The molecule has 0 spiro atoms. The van der Waals surface area contributed by atoms with Gasteiger partial charge in [0.15, 0.2) is 5.75 Å². The fourth-order valence-corrected chi connectivity index (χ4v) is 4.36. The summed E-state index contributed by atoms with van der Waals surface area (Å²) >= 11 is 0. The minimum absolute atomic E-state index is 0.0230. The molecule has 30 heavy (non-hydrogen) atoms. The van der Waals surface area contributed by atoms with Crippen molar-refractivity contribution >= 4 is 16.7 Å². The van der Waals surface area contributed by atoms with Gasteiger partial charge in [0.05, 0.1) is 26.5 Å². The maximum absolute atomic E-state index is 13.3. The summed E-state index contributed by atoms with van der Waals surface area (Å²) in [4.78, 5) is 27.1. The van der Waals surface area contributed by atoms with Gasteiger partial charge in [-0.25, -0.2) is 0 Å². The summed E-state index contributed by atoms with van der Waals surface area (Å²) in [5.74, 6) is 1.11. The number of likely N-dealkylation sites (tertiary alicyclic amines) is 1. The number of nitrogens with zero attached hydrogens (tertiary/aromatic N) is 2. The number of hydrogen-bond donors (Lipinski definition) is 0. The Morgan fingerprint density at radius 3 is 2.53 bits per heavy atom. The van der Waals surface area contributed by atoms with Crippen molar-refractivity contribution in [2.45, 2.75) is 32.4 Å². The Kier molecular flexibility index (Phi) is 5.48. The van der Waals surface area contributed by atoms with Crippen LogP contribution in [0, 0.1) is 6.92 Å². The van der Waals surface area contributed by atoms with Crippen molar-refractivity contribution in [2.75, 3.05) is 20.8 Å². The fourth-order valence-electron chi connectivity index (χ4n) is 4.36. The van der Waals surface area contributed by atoms with Crippen LogP contribution in [0.5, 0.6) is 11.5 Å². The van der Waals surface area contributed by atoms with Gasteiger partial charge in [0.2, 0.25) is 11.3 Å². The predicted molar refractivity (Wildman–Crippen MR) is 116 cm³/mol. The zero-order valence-electron chi connectivity index (χ0n) is 17.6. The monoisotopic (exact) mass is 406 g/mol.